The molecule has 0 saturated heterocycles. The van der Waals surface area contributed by atoms with Crippen molar-refractivity contribution in [1.29, 1.82) is 0 Å². The molecule has 0 aliphatic carbocycles. The number of benzene rings is 1. The van der Waals surface area contributed by atoms with Crippen LogP contribution in [0.2, 0.25) is 0 Å². The summed E-state index contributed by atoms with van der Waals surface area (Å²) >= 11 is 3.55. The quantitative estimate of drug-likeness (QED) is 0.760. The van der Waals surface area contributed by atoms with Gasteiger partial charge in [0.15, 0.2) is 0 Å². The third-order valence-electron chi connectivity index (χ3n) is 3.15. The Morgan fingerprint density at radius 3 is 3.00 bits per heavy atom. The lowest BCUT2D eigenvalue weighted by molar-refractivity contribution is 0.283. The Balaban J connectivity index is 1.82. The third-order valence-corrected chi connectivity index (χ3v) is 3.61. The molecule has 100 valence electrons. The van der Waals surface area contributed by atoms with E-state index in [1.165, 1.54) is 11.1 Å². The molecule has 1 aliphatic heterocycles. The molecule has 1 aromatic rings. The maximum absolute atomic E-state index is 8.69. The van der Waals surface area contributed by atoms with Crippen molar-refractivity contribution in [3.05, 3.63) is 27.7 Å². The molecule has 0 aromatic heterocycles. The van der Waals surface area contributed by atoms with Gasteiger partial charge in [0.05, 0.1) is 6.61 Å². The molecular weight excluding hydrogens is 294 g/mol. The summed E-state index contributed by atoms with van der Waals surface area (Å²) in [6.07, 6.45) is 4.10. The van der Waals surface area contributed by atoms with Crippen LogP contribution < -0.4 is 10.1 Å². The van der Waals surface area contributed by atoms with E-state index in [0.717, 1.165) is 55.6 Å². The van der Waals surface area contributed by atoms with E-state index < -0.39 is 0 Å². The molecule has 3 nitrogen and oxygen atoms in total. The molecule has 0 amide bonds. The number of ether oxygens (including phenoxy) is 1. The largest absolute Gasteiger partial charge is 0.493 e. The van der Waals surface area contributed by atoms with Gasteiger partial charge in [-0.15, -0.1) is 0 Å². The van der Waals surface area contributed by atoms with E-state index >= 15 is 0 Å². The van der Waals surface area contributed by atoms with Gasteiger partial charge in [0, 0.05) is 29.6 Å². The number of halogens is 1. The van der Waals surface area contributed by atoms with E-state index in [4.69, 9.17) is 9.84 Å². The van der Waals surface area contributed by atoms with E-state index in [9.17, 15) is 0 Å². The second kappa shape index (κ2) is 7.12. The first-order chi connectivity index (χ1) is 8.81. The lowest BCUT2D eigenvalue weighted by Gasteiger charge is -2.10. The van der Waals surface area contributed by atoms with Crippen LogP contribution in [0.25, 0.3) is 0 Å². The first kappa shape index (κ1) is 13.8. The summed E-state index contributed by atoms with van der Waals surface area (Å²) in [6, 6.07) is 4.28. The monoisotopic (exact) mass is 313 g/mol. The summed E-state index contributed by atoms with van der Waals surface area (Å²) in [7, 11) is 0. The van der Waals surface area contributed by atoms with Gasteiger partial charge in [-0.25, -0.2) is 0 Å². The second-order valence-corrected chi connectivity index (χ2v) is 5.53. The molecule has 1 aliphatic rings. The first-order valence-corrected chi connectivity index (χ1v) is 7.36. The molecule has 4 heteroatoms. The van der Waals surface area contributed by atoms with E-state index in [-0.39, 0.29) is 0 Å². The van der Waals surface area contributed by atoms with Crippen LogP contribution in [0, 0.1) is 0 Å². The first-order valence-electron chi connectivity index (χ1n) is 6.57. The van der Waals surface area contributed by atoms with Crippen LogP contribution in [0.4, 0.5) is 0 Å². The minimum Gasteiger partial charge on any atom is -0.493 e. The second-order valence-electron chi connectivity index (χ2n) is 4.61. The smallest absolute Gasteiger partial charge is 0.127 e. The van der Waals surface area contributed by atoms with Crippen molar-refractivity contribution in [3.63, 3.8) is 0 Å². The highest BCUT2D eigenvalue weighted by atomic mass is 79.9. The Kier molecular flexibility index (Phi) is 5.47. The number of unbranched alkanes of at least 4 members (excludes halogenated alkanes) is 2. The summed E-state index contributed by atoms with van der Waals surface area (Å²) in [4.78, 5) is 0. The number of fused-ring (bicyclic) bond motifs is 1. The lowest BCUT2D eigenvalue weighted by atomic mass is 10.1. The minimum absolute atomic E-state index is 0.299. The standard InChI is InChI=1S/C14H20BrNO2/c15-13-8-11-4-7-18-14(11)12(9-13)10-16-5-2-1-3-6-17/h8-9,16-17H,1-7,10H2. The molecule has 0 atom stereocenters. The van der Waals surface area contributed by atoms with Crippen molar-refractivity contribution in [2.24, 2.45) is 0 Å². The number of rotatable bonds is 7. The van der Waals surface area contributed by atoms with E-state index in [1.807, 2.05) is 0 Å². The van der Waals surface area contributed by atoms with E-state index in [0.29, 0.717) is 6.61 Å². The molecule has 1 aromatic carbocycles. The van der Waals surface area contributed by atoms with Crippen molar-refractivity contribution in [2.45, 2.75) is 32.2 Å². The van der Waals surface area contributed by atoms with Gasteiger partial charge in [-0.3, -0.25) is 0 Å². The third kappa shape index (κ3) is 3.70. The Morgan fingerprint density at radius 2 is 2.17 bits per heavy atom. The predicted molar refractivity (Wildman–Crippen MR) is 76.0 cm³/mol. The molecule has 18 heavy (non-hydrogen) atoms. The molecule has 0 unspecified atom stereocenters. The fraction of sp³-hybridized carbons (Fsp3) is 0.571. The van der Waals surface area contributed by atoms with Crippen molar-refractivity contribution < 1.29 is 9.84 Å². The van der Waals surface area contributed by atoms with Gasteiger partial charge in [-0.05, 0) is 43.5 Å². The predicted octanol–water partition coefficient (Wildman–Crippen LogP) is 2.64. The summed E-state index contributed by atoms with van der Waals surface area (Å²) in [5.41, 5.74) is 2.54. The average molecular weight is 314 g/mol. The number of aliphatic hydroxyl groups is 1. The zero-order valence-electron chi connectivity index (χ0n) is 10.5. The number of nitrogens with one attached hydrogen (secondary N) is 1. The van der Waals surface area contributed by atoms with Crippen LogP contribution in [0.3, 0.4) is 0 Å². The van der Waals surface area contributed by atoms with Crippen LogP contribution in [0.5, 0.6) is 5.75 Å². The number of hydrogen-bond donors (Lipinski definition) is 2. The highest BCUT2D eigenvalue weighted by molar-refractivity contribution is 9.10. The number of aliphatic hydroxyl groups excluding tert-OH is 1. The van der Waals surface area contributed by atoms with Crippen molar-refractivity contribution in [3.8, 4) is 5.75 Å². The molecule has 0 fully saturated rings. The van der Waals surface area contributed by atoms with Crippen LogP contribution >= 0.6 is 15.9 Å². The molecule has 2 N–H and O–H groups in total. The zero-order valence-corrected chi connectivity index (χ0v) is 12.1. The molecule has 1 heterocycles. The van der Waals surface area contributed by atoms with Crippen molar-refractivity contribution in [1.82, 2.24) is 5.32 Å². The van der Waals surface area contributed by atoms with Gasteiger partial charge in [-0.2, -0.15) is 0 Å². The Hall–Kier alpha value is -0.580. The molecular formula is C14H20BrNO2. The summed E-state index contributed by atoms with van der Waals surface area (Å²) in [6.45, 7) is 2.93. The Labute approximate surface area is 117 Å². The molecule has 2 rings (SSSR count). The van der Waals surface area contributed by atoms with Crippen LogP contribution in [-0.4, -0.2) is 24.9 Å². The Bertz CT molecular complexity index is 396. The lowest BCUT2D eigenvalue weighted by Crippen LogP contribution is -2.15. The van der Waals surface area contributed by atoms with Crippen molar-refractivity contribution >= 4 is 15.9 Å². The van der Waals surface area contributed by atoms with Gasteiger partial charge in [0.1, 0.15) is 5.75 Å². The minimum atomic E-state index is 0.299. The van der Waals surface area contributed by atoms with E-state index in [2.05, 4.69) is 33.4 Å². The molecule has 0 spiro atoms. The average Bonchev–Trinajstić information content (AvgIpc) is 2.81. The SMILES string of the molecule is OCCCCCNCc1cc(Br)cc2c1OCC2. The maximum Gasteiger partial charge on any atom is 0.127 e. The highest BCUT2D eigenvalue weighted by Gasteiger charge is 2.16. The van der Waals surface area contributed by atoms with Gasteiger partial charge in [0.25, 0.3) is 0 Å². The topological polar surface area (TPSA) is 41.5 Å². The highest BCUT2D eigenvalue weighted by Crippen LogP contribution is 2.32. The van der Waals surface area contributed by atoms with Crippen LogP contribution in [-0.2, 0) is 13.0 Å². The number of hydrogen-bond acceptors (Lipinski definition) is 3. The molecule has 0 saturated carbocycles. The molecule has 0 radical (unpaired) electrons. The fourth-order valence-electron chi connectivity index (χ4n) is 2.24. The summed E-state index contributed by atoms with van der Waals surface area (Å²) in [5, 5.41) is 12.1. The van der Waals surface area contributed by atoms with Crippen LogP contribution in [0.1, 0.15) is 30.4 Å². The Morgan fingerprint density at radius 1 is 1.28 bits per heavy atom. The van der Waals surface area contributed by atoms with Crippen molar-refractivity contribution in [2.75, 3.05) is 19.8 Å². The fourth-order valence-corrected chi connectivity index (χ4v) is 2.79. The van der Waals surface area contributed by atoms with Gasteiger partial charge < -0.3 is 15.2 Å². The summed E-state index contributed by atoms with van der Waals surface area (Å²) in [5.74, 6) is 1.07. The van der Waals surface area contributed by atoms with Gasteiger partial charge in [0.2, 0.25) is 0 Å². The zero-order chi connectivity index (χ0) is 12.8. The van der Waals surface area contributed by atoms with Gasteiger partial charge in [-0.1, -0.05) is 15.9 Å². The van der Waals surface area contributed by atoms with Gasteiger partial charge >= 0.3 is 0 Å². The summed E-state index contributed by atoms with van der Waals surface area (Å²) < 4.78 is 6.81. The maximum atomic E-state index is 8.69. The van der Waals surface area contributed by atoms with Crippen LogP contribution in [0.15, 0.2) is 16.6 Å². The molecule has 0 bridgehead atoms. The normalized spacial score (nSPS) is 13.4. The van der Waals surface area contributed by atoms with E-state index in [1.54, 1.807) is 0 Å².